The molecule has 0 aliphatic heterocycles. The Morgan fingerprint density at radius 2 is 2.15 bits per heavy atom. The highest BCUT2D eigenvalue weighted by atomic mass is 79.9. The van der Waals surface area contributed by atoms with Gasteiger partial charge in [0.05, 0.1) is 11.0 Å². The SMILES string of the molecule is CCc1nc2ccc(Br)cc2n1CC(=O)O[C@@H]1C[C@H](C)CC[C@H]1C(C)C. The summed E-state index contributed by atoms with van der Waals surface area (Å²) in [5, 5.41) is 0. The predicted octanol–water partition coefficient (Wildman–Crippen LogP) is 5.37. The van der Waals surface area contributed by atoms with E-state index in [1.54, 1.807) is 0 Å². The molecule has 0 unspecified atom stereocenters. The Morgan fingerprint density at radius 3 is 2.85 bits per heavy atom. The standard InChI is InChI=1S/C21H29BrN2O2/c1-5-20-23-17-9-7-15(22)11-18(17)24(20)12-21(25)26-19-10-14(4)6-8-16(19)13(2)3/h7,9,11,13-14,16,19H,5-6,8,10,12H2,1-4H3/t14-,16+,19-/m1/s1. The summed E-state index contributed by atoms with van der Waals surface area (Å²) in [6.07, 6.45) is 4.19. The monoisotopic (exact) mass is 420 g/mol. The van der Waals surface area contributed by atoms with Crippen LogP contribution in [0, 0.1) is 17.8 Å². The first-order valence-electron chi connectivity index (χ1n) is 9.73. The molecule has 26 heavy (non-hydrogen) atoms. The quantitative estimate of drug-likeness (QED) is 0.610. The molecular weight excluding hydrogens is 392 g/mol. The summed E-state index contributed by atoms with van der Waals surface area (Å²) in [4.78, 5) is 17.4. The zero-order chi connectivity index (χ0) is 18.8. The summed E-state index contributed by atoms with van der Waals surface area (Å²) in [6.45, 7) is 9.02. The third-order valence-corrected chi connectivity index (χ3v) is 6.13. The van der Waals surface area contributed by atoms with Crippen molar-refractivity contribution in [3.63, 3.8) is 0 Å². The van der Waals surface area contributed by atoms with Crippen molar-refractivity contribution in [3.8, 4) is 0 Å². The number of carbonyl (C=O) groups is 1. The normalized spacial score (nSPS) is 23.5. The molecule has 142 valence electrons. The number of aryl methyl sites for hydroxylation is 1. The first-order valence-corrected chi connectivity index (χ1v) is 10.5. The first kappa shape index (κ1) is 19.4. The van der Waals surface area contributed by atoms with Crippen molar-refractivity contribution in [3.05, 3.63) is 28.5 Å². The molecule has 1 aliphatic carbocycles. The van der Waals surface area contributed by atoms with Crippen molar-refractivity contribution in [2.24, 2.45) is 17.8 Å². The van der Waals surface area contributed by atoms with Gasteiger partial charge in [0, 0.05) is 10.9 Å². The largest absolute Gasteiger partial charge is 0.461 e. The number of rotatable bonds is 5. The lowest BCUT2D eigenvalue weighted by Gasteiger charge is -2.36. The number of esters is 1. The molecule has 3 rings (SSSR count). The number of ether oxygens (including phenoxy) is 1. The minimum Gasteiger partial charge on any atom is -0.461 e. The maximum Gasteiger partial charge on any atom is 0.326 e. The average molecular weight is 421 g/mol. The third-order valence-electron chi connectivity index (χ3n) is 5.64. The van der Waals surface area contributed by atoms with E-state index in [0.717, 1.165) is 40.6 Å². The Kier molecular flexibility index (Phi) is 6.06. The molecule has 1 heterocycles. The van der Waals surface area contributed by atoms with Gasteiger partial charge in [0.1, 0.15) is 18.5 Å². The van der Waals surface area contributed by atoms with Gasteiger partial charge in [0.25, 0.3) is 0 Å². The molecule has 0 radical (unpaired) electrons. The molecule has 0 bridgehead atoms. The third kappa shape index (κ3) is 4.13. The van der Waals surface area contributed by atoms with E-state index in [4.69, 9.17) is 4.74 Å². The molecule has 0 saturated heterocycles. The van der Waals surface area contributed by atoms with Gasteiger partial charge in [0.15, 0.2) is 0 Å². The minimum absolute atomic E-state index is 0.0397. The molecule has 1 saturated carbocycles. The fourth-order valence-electron chi connectivity index (χ4n) is 4.18. The van der Waals surface area contributed by atoms with Crippen molar-refractivity contribution < 1.29 is 9.53 Å². The Morgan fingerprint density at radius 1 is 1.38 bits per heavy atom. The number of aromatic nitrogens is 2. The van der Waals surface area contributed by atoms with Crippen LogP contribution >= 0.6 is 15.9 Å². The lowest BCUT2D eigenvalue weighted by molar-refractivity contribution is -0.156. The Hall–Kier alpha value is -1.36. The highest BCUT2D eigenvalue weighted by molar-refractivity contribution is 9.10. The van der Waals surface area contributed by atoms with E-state index in [0.29, 0.717) is 17.8 Å². The lowest BCUT2D eigenvalue weighted by atomic mass is 9.75. The van der Waals surface area contributed by atoms with E-state index in [2.05, 4.69) is 48.6 Å². The zero-order valence-corrected chi connectivity index (χ0v) is 17.8. The van der Waals surface area contributed by atoms with E-state index >= 15 is 0 Å². The molecule has 4 nitrogen and oxygen atoms in total. The smallest absolute Gasteiger partial charge is 0.326 e. The van der Waals surface area contributed by atoms with Crippen LogP contribution in [0.25, 0.3) is 11.0 Å². The second-order valence-corrected chi connectivity index (χ2v) is 8.87. The maximum atomic E-state index is 12.8. The van der Waals surface area contributed by atoms with E-state index < -0.39 is 0 Å². The highest BCUT2D eigenvalue weighted by Gasteiger charge is 2.33. The number of hydrogen-bond acceptors (Lipinski definition) is 3. The van der Waals surface area contributed by atoms with Crippen LogP contribution in [0.2, 0.25) is 0 Å². The van der Waals surface area contributed by atoms with E-state index in [9.17, 15) is 4.79 Å². The first-order chi connectivity index (χ1) is 12.4. The maximum absolute atomic E-state index is 12.8. The molecule has 1 aromatic heterocycles. The van der Waals surface area contributed by atoms with Crippen molar-refractivity contribution in [2.45, 2.75) is 66.0 Å². The van der Waals surface area contributed by atoms with Crippen LogP contribution in [-0.4, -0.2) is 21.6 Å². The zero-order valence-electron chi connectivity index (χ0n) is 16.2. The van der Waals surface area contributed by atoms with Crippen LogP contribution in [0.4, 0.5) is 0 Å². The predicted molar refractivity (Wildman–Crippen MR) is 108 cm³/mol. The molecule has 5 heteroatoms. The van der Waals surface area contributed by atoms with Gasteiger partial charge in [-0.3, -0.25) is 4.79 Å². The van der Waals surface area contributed by atoms with Crippen molar-refractivity contribution in [1.29, 1.82) is 0 Å². The lowest BCUT2D eigenvalue weighted by Crippen LogP contribution is -2.36. The number of hydrogen-bond donors (Lipinski definition) is 0. The molecule has 1 aromatic carbocycles. The van der Waals surface area contributed by atoms with Gasteiger partial charge in [-0.2, -0.15) is 0 Å². The fourth-order valence-corrected chi connectivity index (χ4v) is 4.53. The summed E-state index contributed by atoms with van der Waals surface area (Å²) in [7, 11) is 0. The number of fused-ring (bicyclic) bond motifs is 1. The van der Waals surface area contributed by atoms with Crippen molar-refractivity contribution in [2.75, 3.05) is 0 Å². The van der Waals surface area contributed by atoms with Crippen molar-refractivity contribution >= 4 is 32.9 Å². The fraction of sp³-hybridized carbons (Fsp3) is 0.619. The Bertz CT molecular complexity index is 784. The minimum atomic E-state index is -0.149. The van der Waals surface area contributed by atoms with Crippen LogP contribution in [0.1, 0.15) is 52.8 Å². The number of benzene rings is 1. The Balaban J connectivity index is 1.79. The summed E-state index contributed by atoms with van der Waals surface area (Å²) in [5.41, 5.74) is 1.90. The van der Waals surface area contributed by atoms with Gasteiger partial charge in [-0.1, -0.05) is 50.0 Å². The molecule has 0 N–H and O–H groups in total. The van der Waals surface area contributed by atoms with Gasteiger partial charge in [-0.15, -0.1) is 0 Å². The van der Waals surface area contributed by atoms with E-state index in [1.807, 2.05) is 22.8 Å². The summed E-state index contributed by atoms with van der Waals surface area (Å²) in [6, 6.07) is 5.99. The van der Waals surface area contributed by atoms with Gasteiger partial charge in [-0.05, 0) is 48.8 Å². The molecule has 0 spiro atoms. The molecule has 3 atom stereocenters. The number of halogens is 1. The number of carbonyl (C=O) groups excluding carboxylic acids is 1. The van der Waals surface area contributed by atoms with Crippen LogP contribution in [0.3, 0.4) is 0 Å². The number of imidazole rings is 1. The van der Waals surface area contributed by atoms with E-state index in [1.165, 1.54) is 6.42 Å². The summed E-state index contributed by atoms with van der Waals surface area (Å²) < 4.78 is 8.98. The Labute approximate surface area is 164 Å². The molecule has 1 fully saturated rings. The van der Waals surface area contributed by atoms with Crippen molar-refractivity contribution in [1.82, 2.24) is 9.55 Å². The van der Waals surface area contributed by atoms with Crippen LogP contribution in [-0.2, 0) is 22.5 Å². The molecule has 2 aromatic rings. The second-order valence-electron chi connectivity index (χ2n) is 7.96. The van der Waals surface area contributed by atoms with Crippen LogP contribution in [0.5, 0.6) is 0 Å². The van der Waals surface area contributed by atoms with E-state index in [-0.39, 0.29) is 18.6 Å². The second kappa shape index (κ2) is 8.12. The molecular formula is C21H29BrN2O2. The summed E-state index contributed by atoms with van der Waals surface area (Å²) in [5.74, 6) is 2.40. The van der Waals surface area contributed by atoms with Gasteiger partial charge < -0.3 is 9.30 Å². The summed E-state index contributed by atoms with van der Waals surface area (Å²) >= 11 is 3.52. The van der Waals surface area contributed by atoms with Gasteiger partial charge in [0.2, 0.25) is 0 Å². The molecule has 1 aliphatic rings. The van der Waals surface area contributed by atoms with Crippen LogP contribution in [0.15, 0.2) is 22.7 Å². The topological polar surface area (TPSA) is 44.1 Å². The average Bonchev–Trinajstić information content (AvgIpc) is 2.91. The molecule has 0 amide bonds. The highest BCUT2D eigenvalue weighted by Crippen LogP contribution is 2.35. The number of nitrogens with zero attached hydrogens (tertiary/aromatic N) is 2. The van der Waals surface area contributed by atoms with Gasteiger partial charge in [-0.25, -0.2) is 4.98 Å². The van der Waals surface area contributed by atoms with Gasteiger partial charge >= 0.3 is 5.97 Å². The van der Waals surface area contributed by atoms with Crippen LogP contribution < -0.4 is 0 Å².